The Labute approximate surface area is 152 Å². The van der Waals surface area contributed by atoms with E-state index in [1.165, 1.54) is 0 Å². The van der Waals surface area contributed by atoms with E-state index in [0.29, 0.717) is 23.2 Å². The topological polar surface area (TPSA) is 89.6 Å². The van der Waals surface area contributed by atoms with Gasteiger partial charge < -0.3 is 15.6 Å². The Balaban J connectivity index is 2.02. The van der Waals surface area contributed by atoms with E-state index in [1.807, 2.05) is 32.9 Å². The summed E-state index contributed by atoms with van der Waals surface area (Å²) >= 11 is 0. The van der Waals surface area contributed by atoms with Gasteiger partial charge in [0.05, 0.1) is 16.8 Å². The van der Waals surface area contributed by atoms with Crippen molar-refractivity contribution in [2.24, 2.45) is 0 Å². The van der Waals surface area contributed by atoms with Crippen LogP contribution in [0.5, 0.6) is 0 Å². The van der Waals surface area contributed by atoms with E-state index in [1.54, 1.807) is 18.2 Å². The molecule has 3 N–H and O–H groups in total. The van der Waals surface area contributed by atoms with E-state index in [2.05, 4.69) is 0 Å². The molecule has 3 rings (SSSR count). The number of benzene rings is 2. The summed E-state index contributed by atoms with van der Waals surface area (Å²) in [6.07, 6.45) is 2.46. The number of anilines is 1. The second-order valence-corrected chi connectivity index (χ2v) is 6.51. The summed E-state index contributed by atoms with van der Waals surface area (Å²) in [6, 6.07) is 6.90. The van der Waals surface area contributed by atoms with Gasteiger partial charge in [0.2, 0.25) is 0 Å². The average Bonchev–Trinajstić information content (AvgIpc) is 3.01. The van der Waals surface area contributed by atoms with Crippen molar-refractivity contribution >= 4 is 23.2 Å². The Kier molecular flexibility index (Phi) is 4.55. The Morgan fingerprint density at radius 2 is 1.88 bits per heavy atom. The average molecular weight is 351 g/mol. The van der Waals surface area contributed by atoms with Crippen LogP contribution >= 0.6 is 0 Å². The van der Waals surface area contributed by atoms with Gasteiger partial charge in [-0.2, -0.15) is 0 Å². The maximum atomic E-state index is 12.0. The summed E-state index contributed by atoms with van der Waals surface area (Å²) < 4.78 is 5.13. The first kappa shape index (κ1) is 17.7. The molecular weight excluding hydrogens is 330 g/mol. The highest BCUT2D eigenvalue weighted by Crippen LogP contribution is 2.35. The number of aromatic carboxylic acids is 1. The van der Waals surface area contributed by atoms with Crippen LogP contribution in [0.4, 0.5) is 5.69 Å². The number of cyclic esters (lactones) is 1. The summed E-state index contributed by atoms with van der Waals surface area (Å²) in [4.78, 5) is 23.4. The van der Waals surface area contributed by atoms with Crippen LogP contribution in [0.25, 0.3) is 5.57 Å². The largest absolute Gasteiger partial charge is 0.478 e. The van der Waals surface area contributed by atoms with Gasteiger partial charge in [-0.3, -0.25) is 0 Å². The molecule has 0 bridgehead atoms. The number of hydrogen-bond acceptors (Lipinski definition) is 4. The zero-order valence-corrected chi connectivity index (χ0v) is 15.1. The highest BCUT2D eigenvalue weighted by atomic mass is 16.5. The third-order valence-corrected chi connectivity index (χ3v) is 5.11. The molecule has 1 heterocycles. The van der Waals surface area contributed by atoms with E-state index in [-0.39, 0.29) is 18.1 Å². The van der Waals surface area contributed by atoms with E-state index in [4.69, 9.17) is 10.5 Å². The molecule has 0 spiro atoms. The lowest BCUT2D eigenvalue weighted by Gasteiger charge is -2.15. The van der Waals surface area contributed by atoms with Crippen LogP contribution in [-0.2, 0) is 17.8 Å². The number of esters is 1. The van der Waals surface area contributed by atoms with E-state index >= 15 is 0 Å². The molecule has 0 saturated carbocycles. The fraction of sp³-hybridized carbons (Fsp3) is 0.238. The zero-order valence-electron chi connectivity index (χ0n) is 15.1. The minimum absolute atomic E-state index is 0.264. The quantitative estimate of drug-likeness (QED) is 0.644. The van der Waals surface area contributed by atoms with Crippen molar-refractivity contribution in [1.82, 2.24) is 0 Å². The van der Waals surface area contributed by atoms with Crippen LogP contribution < -0.4 is 5.73 Å². The first-order valence-electron chi connectivity index (χ1n) is 8.39. The van der Waals surface area contributed by atoms with Gasteiger partial charge in [-0.25, -0.2) is 9.59 Å². The monoisotopic (exact) mass is 351 g/mol. The molecule has 0 unspecified atom stereocenters. The molecule has 0 fully saturated rings. The smallest absolute Gasteiger partial charge is 0.341 e. The fourth-order valence-corrected chi connectivity index (χ4v) is 3.42. The Morgan fingerprint density at radius 1 is 1.23 bits per heavy atom. The lowest BCUT2D eigenvalue weighted by atomic mass is 9.90. The maximum Gasteiger partial charge on any atom is 0.341 e. The Morgan fingerprint density at radius 3 is 2.54 bits per heavy atom. The lowest BCUT2D eigenvalue weighted by molar-refractivity contribution is 0.0535. The van der Waals surface area contributed by atoms with Gasteiger partial charge in [0.1, 0.15) is 6.61 Å². The van der Waals surface area contributed by atoms with Gasteiger partial charge in [-0.15, -0.1) is 0 Å². The molecular formula is C21H21NO4. The molecule has 0 amide bonds. The predicted molar refractivity (Wildman–Crippen MR) is 100 cm³/mol. The van der Waals surface area contributed by atoms with Crippen LogP contribution in [0.1, 0.15) is 55.5 Å². The van der Waals surface area contributed by atoms with Crippen molar-refractivity contribution < 1.29 is 19.4 Å². The van der Waals surface area contributed by atoms with Gasteiger partial charge in [0.15, 0.2) is 0 Å². The number of nitrogens with two attached hydrogens (primary N) is 1. The third-order valence-electron chi connectivity index (χ3n) is 5.11. The standard InChI is InChI=1S/C21H21NO4/c1-11(14-6-4-5-7-16(14)20(23)24)8-9-15-12(2)13(3)17-10-26-21(25)18(17)19(15)22/h4-8H,9-10,22H2,1-3H3,(H,23,24). The van der Waals surface area contributed by atoms with Crippen molar-refractivity contribution in [3.8, 4) is 0 Å². The normalized spacial score (nSPS) is 13.5. The first-order chi connectivity index (χ1) is 12.3. The molecule has 2 aromatic carbocycles. The highest BCUT2D eigenvalue weighted by Gasteiger charge is 2.29. The molecule has 0 aromatic heterocycles. The number of nitrogen functional groups attached to an aromatic ring is 1. The highest BCUT2D eigenvalue weighted by molar-refractivity contribution is 6.00. The molecule has 0 radical (unpaired) electrons. The first-order valence-corrected chi connectivity index (χ1v) is 8.39. The minimum atomic E-state index is -0.958. The second-order valence-electron chi connectivity index (χ2n) is 6.51. The molecule has 134 valence electrons. The third kappa shape index (κ3) is 2.86. The molecule has 5 heteroatoms. The number of hydrogen-bond donors (Lipinski definition) is 2. The fourth-order valence-electron chi connectivity index (χ4n) is 3.42. The minimum Gasteiger partial charge on any atom is -0.478 e. The Bertz CT molecular complexity index is 957. The number of carboxylic acid groups (broad SMARTS) is 1. The molecule has 1 aliphatic rings. The van der Waals surface area contributed by atoms with Crippen molar-refractivity contribution in [2.75, 3.05) is 5.73 Å². The van der Waals surface area contributed by atoms with Crippen molar-refractivity contribution in [2.45, 2.75) is 33.8 Å². The molecule has 0 saturated heterocycles. The zero-order chi connectivity index (χ0) is 19.0. The van der Waals surface area contributed by atoms with Gasteiger partial charge in [0.25, 0.3) is 0 Å². The SMILES string of the molecule is CC(=CCc1c(C)c(C)c2c(c1N)C(=O)OC2)c1ccccc1C(=O)O. The number of carbonyl (C=O) groups is 2. The summed E-state index contributed by atoms with van der Waals surface area (Å²) in [5.74, 6) is -1.33. The number of allylic oxidation sites excluding steroid dienone is 2. The van der Waals surface area contributed by atoms with Crippen LogP contribution in [0.15, 0.2) is 30.3 Å². The number of ether oxygens (including phenoxy) is 1. The van der Waals surface area contributed by atoms with Gasteiger partial charge in [-0.1, -0.05) is 24.3 Å². The van der Waals surface area contributed by atoms with Crippen LogP contribution in [0.2, 0.25) is 0 Å². The maximum absolute atomic E-state index is 12.0. The van der Waals surface area contributed by atoms with Crippen LogP contribution in [0.3, 0.4) is 0 Å². The van der Waals surface area contributed by atoms with Crippen molar-refractivity contribution in [1.29, 1.82) is 0 Å². The molecule has 26 heavy (non-hydrogen) atoms. The van der Waals surface area contributed by atoms with Crippen LogP contribution in [-0.4, -0.2) is 17.0 Å². The van der Waals surface area contributed by atoms with Gasteiger partial charge in [-0.05, 0) is 61.1 Å². The number of rotatable bonds is 4. The number of carboxylic acids is 1. The van der Waals surface area contributed by atoms with E-state index < -0.39 is 5.97 Å². The van der Waals surface area contributed by atoms with Crippen molar-refractivity contribution in [3.63, 3.8) is 0 Å². The van der Waals surface area contributed by atoms with Crippen molar-refractivity contribution in [3.05, 3.63) is 69.3 Å². The summed E-state index contributed by atoms with van der Waals surface area (Å²) in [5.41, 5.74) is 12.8. The van der Waals surface area contributed by atoms with Gasteiger partial charge >= 0.3 is 11.9 Å². The van der Waals surface area contributed by atoms with E-state index in [0.717, 1.165) is 27.8 Å². The summed E-state index contributed by atoms with van der Waals surface area (Å²) in [7, 11) is 0. The summed E-state index contributed by atoms with van der Waals surface area (Å²) in [5, 5.41) is 9.36. The predicted octanol–water partition coefficient (Wildman–Crippen LogP) is 3.90. The molecule has 5 nitrogen and oxygen atoms in total. The Hall–Kier alpha value is -3.08. The number of fused-ring (bicyclic) bond motifs is 1. The molecule has 2 aromatic rings. The van der Waals surface area contributed by atoms with Gasteiger partial charge in [0, 0.05) is 5.56 Å². The van der Waals surface area contributed by atoms with E-state index in [9.17, 15) is 14.7 Å². The number of carbonyl (C=O) groups excluding carboxylic acids is 1. The molecule has 1 aliphatic heterocycles. The molecule has 0 aliphatic carbocycles. The van der Waals surface area contributed by atoms with Crippen LogP contribution in [0, 0.1) is 13.8 Å². The summed E-state index contributed by atoms with van der Waals surface area (Å²) in [6.45, 7) is 6.10. The lowest BCUT2D eigenvalue weighted by Crippen LogP contribution is -2.08. The second kappa shape index (κ2) is 6.67. The molecule has 0 atom stereocenters.